The average molecular weight is 384 g/mol. The molecular formula is C23H45NO3. The second-order valence-corrected chi connectivity index (χ2v) is 7.92. The monoisotopic (exact) mass is 383 g/mol. The molecule has 1 amide bonds. The Bertz CT molecular complexity index is 358. The summed E-state index contributed by atoms with van der Waals surface area (Å²) in [6, 6.07) is 0. The highest BCUT2D eigenvalue weighted by Gasteiger charge is 2.16. The number of amides is 1. The number of nitrogens with two attached hydrogens (primary N) is 1. The van der Waals surface area contributed by atoms with E-state index in [1.165, 1.54) is 70.6 Å². The van der Waals surface area contributed by atoms with Crippen molar-refractivity contribution in [3.05, 3.63) is 0 Å². The number of carbonyl (C=O) groups excluding carboxylic acids is 2. The molecule has 0 aromatic rings. The van der Waals surface area contributed by atoms with Crippen molar-refractivity contribution < 1.29 is 14.3 Å². The molecule has 0 spiro atoms. The molecule has 0 radical (unpaired) electrons. The zero-order chi connectivity index (χ0) is 20.2. The lowest BCUT2D eigenvalue weighted by molar-refractivity contribution is -0.150. The van der Waals surface area contributed by atoms with E-state index in [-0.39, 0.29) is 24.4 Å². The largest absolute Gasteiger partial charge is 0.462 e. The molecule has 0 saturated carbocycles. The van der Waals surface area contributed by atoms with E-state index in [1.54, 1.807) is 0 Å². The smallest absolute Gasteiger partial charge is 0.306 e. The summed E-state index contributed by atoms with van der Waals surface area (Å²) < 4.78 is 5.52. The third-order valence-electron chi connectivity index (χ3n) is 5.09. The summed E-state index contributed by atoms with van der Waals surface area (Å²) in [4.78, 5) is 23.3. The van der Waals surface area contributed by atoms with Gasteiger partial charge in [-0.05, 0) is 19.3 Å². The van der Waals surface area contributed by atoms with Crippen molar-refractivity contribution in [2.45, 2.75) is 136 Å². The highest BCUT2D eigenvalue weighted by molar-refractivity contribution is 5.75. The topological polar surface area (TPSA) is 69.4 Å². The van der Waals surface area contributed by atoms with Crippen LogP contribution in [-0.2, 0) is 14.3 Å². The second-order valence-electron chi connectivity index (χ2n) is 7.92. The predicted octanol–water partition coefficient (Wildman–Crippen LogP) is 6.45. The molecule has 1 atom stereocenters. The molecule has 0 aromatic heterocycles. The number of primary amides is 1. The number of hydrogen-bond donors (Lipinski definition) is 1. The van der Waals surface area contributed by atoms with Gasteiger partial charge < -0.3 is 10.5 Å². The normalized spacial score (nSPS) is 12.1. The number of esters is 1. The highest BCUT2D eigenvalue weighted by atomic mass is 16.5. The van der Waals surface area contributed by atoms with Gasteiger partial charge in [0.1, 0.15) is 6.10 Å². The van der Waals surface area contributed by atoms with E-state index in [4.69, 9.17) is 10.5 Å². The van der Waals surface area contributed by atoms with Crippen LogP contribution in [0.25, 0.3) is 0 Å². The predicted molar refractivity (Wildman–Crippen MR) is 114 cm³/mol. The molecule has 0 saturated heterocycles. The van der Waals surface area contributed by atoms with Crippen LogP contribution >= 0.6 is 0 Å². The van der Waals surface area contributed by atoms with Gasteiger partial charge in [-0.3, -0.25) is 9.59 Å². The molecular weight excluding hydrogens is 338 g/mol. The number of rotatable bonds is 20. The van der Waals surface area contributed by atoms with Crippen molar-refractivity contribution in [1.29, 1.82) is 0 Å². The fourth-order valence-electron chi connectivity index (χ4n) is 3.40. The highest BCUT2D eigenvalue weighted by Crippen LogP contribution is 2.15. The molecule has 0 rings (SSSR count). The van der Waals surface area contributed by atoms with Gasteiger partial charge in [0.2, 0.25) is 5.91 Å². The third-order valence-corrected chi connectivity index (χ3v) is 5.09. The minimum atomic E-state index is -0.386. The maximum atomic E-state index is 12.0. The van der Waals surface area contributed by atoms with E-state index >= 15 is 0 Å². The Kier molecular flexibility index (Phi) is 18.9. The van der Waals surface area contributed by atoms with Crippen molar-refractivity contribution >= 4 is 11.9 Å². The zero-order valence-electron chi connectivity index (χ0n) is 18.1. The first-order valence-corrected chi connectivity index (χ1v) is 11.6. The Labute approximate surface area is 168 Å². The van der Waals surface area contributed by atoms with Crippen LogP contribution in [0.2, 0.25) is 0 Å². The van der Waals surface area contributed by atoms with Gasteiger partial charge >= 0.3 is 5.97 Å². The Morgan fingerprint density at radius 3 is 1.63 bits per heavy atom. The van der Waals surface area contributed by atoms with Crippen molar-refractivity contribution in [1.82, 2.24) is 0 Å². The molecule has 0 bridgehead atoms. The number of ether oxygens (including phenoxy) is 1. The first-order chi connectivity index (χ1) is 13.1. The van der Waals surface area contributed by atoms with E-state index in [1.807, 2.05) is 0 Å². The van der Waals surface area contributed by atoms with Crippen molar-refractivity contribution in [3.63, 3.8) is 0 Å². The Hall–Kier alpha value is -1.06. The molecule has 0 heterocycles. The SMILES string of the molecule is CCCCCCCCCCC[C@H](CC(N)=O)OC(=O)CCCCCCCC. The van der Waals surface area contributed by atoms with Crippen LogP contribution in [0.3, 0.4) is 0 Å². The number of carbonyl (C=O) groups is 2. The van der Waals surface area contributed by atoms with Crippen LogP contribution in [-0.4, -0.2) is 18.0 Å². The summed E-state index contributed by atoms with van der Waals surface area (Å²) in [6.07, 6.45) is 19.2. The molecule has 0 aliphatic rings. The summed E-state index contributed by atoms with van der Waals surface area (Å²) in [7, 11) is 0. The number of hydrogen-bond acceptors (Lipinski definition) is 3. The molecule has 4 heteroatoms. The van der Waals surface area contributed by atoms with Gasteiger partial charge in [-0.15, -0.1) is 0 Å². The van der Waals surface area contributed by atoms with Gasteiger partial charge in [-0.25, -0.2) is 0 Å². The van der Waals surface area contributed by atoms with Gasteiger partial charge in [0.05, 0.1) is 6.42 Å². The fourth-order valence-corrected chi connectivity index (χ4v) is 3.40. The lowest BCUT2D eigenvalue weighted by atomic mass is 10.0. The Morgan fingerprint density at radius 1 is 0.704 bits per heavy atom. The molecule has 0 aliphatic heterocycles. The summed E-state index contributed by atoms with van der Waals surface area (Å²) in [5.74, 6) is -0.559. The summed E-state index contributed by atoms with van der Waals surface area (Å²) in [6.45, 7) is 4.44. The van der Waals surface area contributed by atoms with Gasteiger partial charge in [-0.1, -0.05) is 97.3 Å². The van der Waals surface area contributed by atoms with Crippen LogP contribution in [0, 0.1) is 0 Å². The summed E-state index contributed by atoms with van der Waals surface area (Å²) >= 11 is 0. The lowest BCUT2D eigenvalue weighted by Crippen LogP contribution is -2.25. The zero-order valence-corrected chi connectivity index (χ0v) is 18.1. The number of unbranched alkanes of at least 4 members (excludes halogenated alkanes) is 13. The van der Waals surface area contributed by atoms with Gasteiger partial charge in [0.15, 0.2) is 0 Å². The molecule has 0 fully saturated rings. The van der Waals surface area contributed by atoms with Crippen LogP contribution in [0.4, 0.5) is 0 Å². The second kappa shape index (κ2) is 19.7. The van der Waals surface area contributed by atoms with Crippen LogP contribution in [0.1, 0.15) is 129 Å². The van der Waals surface area contributed by atoms with E-state index in [0.717, 1.165) is 32.1 Å². The van der Waals surface area contributed by atoms with E-state index in [2.05, 4.69) is 13.8 Å². The molecule has 0 aromatic carbocycles. The first-order valence-electron chi connectivity index (χ1n) is 11.6. The van der Waals surface area contributed by atoms with Crippen molar-refractivity contribution in [3.8, 4) is 0 Å². The van der Waals surface area contributed by atoms with Crippen molar-refractivity contribution in [2.75, 3.05) is 0 Å². The summed E-state index contributed by atoms with van der Waals surface area (Å²) in [5.41, 5.74) is 5.32. The molecule has 4 nitrogen and oxygen atoms in total. The molecule has 27 heavy (non-hydrogen) atoms. The Balaban J connectivity index is 3.80. The minimum Gasteiger partial charge on any atom is -0.462 e. The van der Waals surface area contributed by atoms with E-state index in [0.29, 0.717) is 6.42 Å². The Morgan fingerprint density at radius 2 is 1.15 bits per heavy atom. The fraction of sp³-hybridized carbons (Fsp3) is 0.913. The van der Waals surface area contributed by atoms with Crippen LogP contribution < -0.4 is 5.73 Å². The average Bonchev–Trinajstić information content (AvgIpc) is 2.62. The van der Waals surface area contributed by atoms with Gasteiger partial charge in [0, 0.05) is 6.42 Å². The van der Waals surface area contributed by atoms with Crippen molar-refractivity contribution in [2.24, 2.45) is 5.73 Å². The summed E-state index contributed by atoms with van der Waals surface area (Å²) in [5, 5.41) is 0. The van der Waals surface area contributed by atoms with Gasteiger partial charge in [-0.2, -0.15) is 0 Å². The standard InChI is InChI=1S/C23H45NO3/c1-3-5-7-9-11-12-13-14-16-18-21(20-22(24)25)27-23(26)19-17-15-10-8-6-4-2/h21H,3-20H2,1-2H3,(H2,24,25)/t21-/m1/s1. The molecule has 2 N–H and O–H groups in total. The first kappa shape index (κ1) is 25.9. The third kappa shape index (κ3) is 19.5. The molecule has 0 aliphatic carbocycles. The van der Waals surface area contributed by atoms with Gasteiger partial charge in [0.25, 0.3) is 0 Å². The van der Waals surface area contributed by atoms with E-state index < -0.39 is 0 Å². The van der Waals surface area contributed by atoms with Crippen LogP contribution in [0.15, 0.2) is 0 Å². The lowest BCUT2D eigenvalue weighted by Gasteiger charge is -2.16. The molecule has 160 valence electrons. The van der Waals surface area contributed by atoms with E-state index in [9.17, 15) is 9.59 Å². The maximum absolute atomic E-state index is 12.0. The maximum Gasteiger partial charge on any atom is 0.306 e. The van der Waals surface area contributed by atoms with Crippen LogP contribution in [0.5, 0.6) is 0 Å². The quantitative estimate of drug-likeness (QED) is 0.194. The minimum absolute atomic E-state index is 0.152. The molecule has 0 unspecified atom stereocenters.